The van der Waals surface area contributed by atoms with E-state index in [1.807, 2.05) is 30.9 Å². The average molecular weight is 380 g/mol. The van der Waals surface area contributed by atoms with E-state index in [4.69, 9.17) is 4.74 Å². The number of nitrogens with zero attached hydrogens (tertiary/aromatic N) is 1. The van der Waals surface area contributed by atoms with Gasteiger partial charge in [0.25, 0.3) is 5.91 Å². The average Bonchev–Trinajstić information content (AvgIpc) is 2.71. The van der Waals surface area contributed by atoms with Crippen LogP contribution in [0.5, 0.6) is 5.75 Å². The van der Waals surface area contributed by atoms with Crippen LogP contribution >= 0.6 is 0 Å². The normalized spacial score (nSPS) is 15.7. The quantitative estimate of drug-likeness (QED) is 0.836. The first kappa shape index (κ1) is 19.9. The highest BCUT2D eigenvalue weighted by Gasteiger charge is 2.31. The molecule has 1 N–H and O–H groups in total. The van der Waals surface area contributed by atoms with E-state index in [0.717, 1.165) is 17.5 Å². The van der Waals surface area contributed by atoms with Crippen molar-refractivity contribution in [3.05, 3.63) is 64.7 Å². The van der Waals surface area contributed by atoms with E-state index in [9.17, 15) is 9.59 Å². The molecule has 0 saturated heterocycles. The minimum absolute atomic E-state index is 0.0145. The van der Waals surface area contributed by atoms with Gasteiger partial charge in [0.05, 0.1) is 6.04 Å². The number of rotatable bonds is 6. The van der Waals surface area contributed by atoms with Crippen LogP contribution in [0, 0.1) is 6.92 Å². The Bertz CT molecular complexity index is 845. The third-order valence-corrected chi connectivity index (χ3v) is 5.11. The number of hydrogen-bond acceptors (Lipinski definition) is 3. The van der Waals surface area contributed by atoms with Crippen LogP contribution in [-0.4, -0.2) is 36.4 Å². The van der Waals surface area contributed by atoms with Gasteiger partial charge in [0.1, 0.15) is 5.75 Å². The molecule has 0 spiro atoms. The van der Waals surface area contributed by atoms with Gasteiger partial charge in [-0.05, 0) is 49.1 Å². The standard InChI is InChI=1S/C23H28N2O3/c1-4-22(27)25-13-12-17-10-11-19(28-15-21(26)24-5-2)14-20(17)23(25)18-8-6-16(3)7-9-18/h6-11,14,23H,4-5,12-13,15H2,1-3H3,(H,24,26)/t23-/m1/s1. The van der Waals surface area contributed by atoms with Crippen LogP contribution in [0.15, 0.2) is 42.5 Å². The smallest absolute Gasteiger partial charge is 0.257 e. The molecule has 1 heterocycles. The van der Waals surface area contributed by atoms with E-state index in [2.05, 4.69) is 42.6 Å². The molecule has 0 aromatic heterocycles. The third kappa shape index (κ3) is 4.35. The summed E-state index contributed by atoms with van der Waals surface area (Å²) in [6.45, 7) is 7.10. The van der Waals surface area contributed by atoms with Crippen LogP contribution in [0.25, 0.3) is 0 Å². The maximum atomic E-state index is 12.6. The minimum atomic E-state index is -0.141. The molecule has 5 heteroatoms. The molecule has 0 bridgehead atoms. The number of likely N-dealkylation sites (N-methyl/N-ethyl adjacent to an activating group) is 1. The predicted octanol–water partition coefficient (Wildman–Crippen LogP) is 3.39. The molecule has 148 valence electrons. The summed E-state index contributed by atoms with van der Waals surface area (Å²) < 4.78 is 5.70. The molecule has 0 unspecified atom stereocenters. The van der Waals surface area contributed by atoms with Crippen LogP contribution < -0.4 is 10.1 Å². The lowest BCUT2D eigenvalue weighted by atomic mass is 9.87. The van der Waals surface area contributed by atoms with Crippen LogP contribution in [-0.2, 0) is 16.0 Å². The molecule has 3 rings (SSSR count). The zero-order valence-corrected chi connectivity index (χ0v) is 16.8. The van der Waals surface area contributed by atoms with Crippen molar-refractivity contribution in [2.45, 2.75) is 39.7 Å². The van der Waals surface area contributed by atoms with E-state index >= 15 is 0 Å². The summed E-state index contributed by atoms with van der Waals surface area (Å²) in [5.41, 5.74) is 4.57. The Labute approximate surface area is 166 Å². The fourth-order valence-corrected chi connectivity index (χ4v) is 3.66. The van der Waals surface area contributed by atoms with Crippen molar-refractivity contribution in [3.63, 3.8) is 0 Å². The molecule has 5 nitrogen and oxygen atoms in total. The van der Waals surface area contributed by atoms with Crippen molar-refractivity contribution in [2.75, 3.05) is 19.7 Å². The van der Waals surface area contributed by atoms with Gasteiger partial charge in [-0.1, -0.05) is 42.8 Å². The summed E-state index contributed by atoms with van der Waals surface area (Å²) in [6.07, 6.45) is 1.30. The molecule has 0 radical (unpaired) electrons. The van der Waals surface area contributed by atoms with E-state index < -0.39 is 0 Å². The predicted molar refractivity (Wildman–Crippen MR) is 109 cm³/mol. The van der Waals surface area contributed by atoms with Crippen molar-refractivity contribution in [1.82, 2.24) is 10.2 Å². The van der Waals surface area contributed by atoms with Gasteiger partial charge in [0.15, 0.2) is 6.61 Å². The summed E-state index contributed by atoms with van der Waals surface area (Å²) >= 11 is 0. The number of carbonyl (C=O) groups is 2. The van der Waals surface area contributed by atoms with E-state index in [1.165, 1.54) is 11.1 Å². The van der Waals surface area contributed by atoms with Gasteiger partial charge >= 0.3 is 0 Å². The highest BCUT2D eigenvalue weighted by molar-refractivity contribution is 5.78. The molecule has 0 aliphatic carbocycles. The third-order valence-electron chi connectivity index (χ3n) is 5.11. The second kappa shape index (κ2) is 8.91. The zero-order chi connectivity index (χ0) is 20.1. The van der Waals surface area contributed by atoms with Crippen molar-refractivity contribution < 1.29 is 14.3 Å². The first-order valence-electron chi connectivity index (χ1n) is 9.91. The van der Waals surface area contributed by atoms with Crippen LogP contribution in [0.1, 0.15) is 48.6 Å². The van der Waals surface area contributed by atoms with Crippen molar-refractivity contribution >= 4 is 11.8 Å². The second-order valence-corrected chi connectivity index (χ2v) is 7.11. The first-order chi connectivity index (χ1) is 13.5. The van der Waals surface area contributed by atoms with Gasteiger partial charge in [-0.2, -0.15) is 0 Å². The van der Waals surface area contributed by atoms with Gasteiger partial charge < -0.3 is 15.0 Å². The first-order valence-corrected chi connectivity index (χ1v) is 9.91. The zero-order valence-electron chi connectivity index (χ0n) is 16.8. The van der Waals surface area contributed by atoms with Gasteiger partial charge in [0, 0.05) is 19.5 Å². The summed E-state index contributed by atoms with van der Waals surface area (Å²) in [4.78, 5) is 26.3. The summed E-state index contributed by atoms with van der Waals surface area (Å²) in [7, 11) is 0. The minimum Gasteiger partial charge on any atom is -0.484 e. The highest BCUT2D eigenvalue weighted by atomic mass is 16.5. The number of benzene rings is 2. The Balaban J connectivity index is 1.95. The number of aryl methyl sites for hydroxylation is 1. The van der Waals surface area contributed by atoms with E-state index in [-0.39, 0.29) is 24.5 Å². The molecule has 1 aliphatic heterocycles. The van der Waals surface area contributed by atoms with Crippen LogP contribution in [0.4, 0.5) is 0 Å². The summed E-state index contributed by atoms with van der Waals surface area (Å²) in [6, 6.07) is 14.1. The molecule has 2 amide bonds. The number of nitrogens with one attached hydrogen (secondary N) is 1. The maximum Gasteiger partial charge on any atom is 0.257 e. The SMILES string of the molecule is CCNC(=O)COc1ccc2c(c1)[C@@H](c1ccc(C)cc1)N(C(=O)CC)CC2. The fourth-order valence-electron chi connectivity index (χ4n) is 3.66. The number of ether oxygens (including phenoxy) is 1. The molecule has 1 aliphatic rings. The lowest BCUT2D eigenvalue weighted by molar-refractivity contribution is -0.133. The Hall–Kier alpha value is -2.82. The molecule has 2 aromatic rings. The van der Waals surface area contributed by atoms with Gasteiger partial charge in [-0.3, -0.25) is 9.59 Å². The van der Waals surface area contributed by atoms with E-state index in [1.54, 1.807) is 0 Å². The Kier molecular flexibility index (Phi) is 6.34. The van der Waals surface area contributed by atoms with E-state index in [0.29, 0.717) is 25.3 Å². The molecule has 0 fully saturated rings. The molecular weight excluding hydrogens is 352 g/mol. The molecule has 28 heavy (non-hydrogen) atoms. The number of amides is 2. The highest BCUT2D eigenvalue weighted by Crippen LogP contribution is 2.37. The molecule has 2 aromatic carbocycles. The monoisotopic (exact) mass is 380 g/mol. The Morgan fingerprint density at radius 2 is 1.89 bits per heavy atom. The largest absolute Gasteiger partial charge is 0.484 e. The van der Waals surface area contributed by atoms with Gasteiger partial charge in [-0.15, -0.1) is 0 Å². The number of fused-ring (bicyclic) bond motifs is 1. The molecular formula is C23H28N2O3. The van der Waals surface area contributed by atoms with Gasteiger partial charge in [0.2, 0.25) is 5.91 Å². The number of carbonyl (C=O) groups excluding carboxylic acids is 2. The van der Waals surface area contributed by atoms with Crippen molar-refractivity contribution in [1.29, 1.82) is 0 Å². The summed E-state index contributed by atoms with van der Waals surface area (Å²) in [5.74, 6) is 0.649. The van der Waals surface area contributed by atoms with Crippen LogP contribution in [0.2, 0.25) is 0 Å². The van der Waals surface area contributed by atoms with Crippen molar-refractivity contribution in [2.24, 2.45) is 0 Å². The molecule has 0 saturated carbocycles. The number of hydrogen-bond donors (Lipinski definition) is 1. The Morgan fingerprint density at radius 1 is 1.14 bits per heavy atom. The lowest BCUT2D eigenvalue weighted by Gasteiger charge is -2.38. The fraction of sp³-hybridized carbons (Fsp3) is 0.391. The Morgan fingerprint density at radius 3 is 2.57 bits per heavy atom. The topological polar surface area (TPSA) is 58.6 Å². The maximum absolute atomic E-state index is 12.6. The van der Waals surface area contributed by atoms with Crippen LogP contribution in [0.3, 0.4) is 0 Å². The molecule has 1 atom stereocenters. The second-order valence-electron chi connectivity index (χ2n) is 7.11. The van der Waals surface area contributed by atoms with Crippen molar-refractivity contribution in [3.8, 4) is 5.75 Å². The van der Waals surface area contributed by atoms with Gasteiger partial charge in [-0.25, -0.2) is 0 Å². The summed E-state index contributed by atoms with van der Waals surface area (Å²) in [5, 5.41) is 2.73. The lowest BCUT2D eigenvalue weighted by Crippen LogP contribution is -2.40.